The minimum atomic E-state index is -1.08. The zero-order chi connectivity index (χ0) is 14.5. The van der Waals surface area contributed by atoms with Gasteiger partial charge in [0, 0.05) is 13.0 Å². The molecule has 2 rings (SSSR count). The van der Waals surface area contributed by atoms with Gasteiger partial charge in [-0.25, -0.2) is 14.6 Å². The van der Waals surface area contributed by atoms with Crippen molar-refractivity contribution >= 4 is 12.0 Å². The van der Waals surface area contributed by atoms with Crippen molar-refractivity contribution in [3.8, 4) is 0 Å². The molecule has 8 heteroatoms. The zero-order valence-corrected chi connectivity index (χ0v) is 11.2. The quantitative estimate of drug-likeness (QED) is 0.819. The third kappa shape index (κ3) is 3.27. The van der Waals surface area contributed by atoms with E-state index in [4.69, 9.17) is 14.3 Å². The number of nitrogens with zero attached hydrogens (tertiary/aromatic N) is 2. The number of rotatable bonds is 4. The number of morpholine rings is 1. The molecule has 1 fully saturated rings. The molecule has 0 bridgehead atoms. The average molecular weight is 283 g/mol. The zero-order valence-electron chi connectivity index (χ0n) is 11.2. The van der Waals surface area contributed by atoms with E-state index in [1.807, 2.05) is 6.92 Å². The molecule has 1 aromatic rings. The molecule has 0 radical (unpaired) electrons. The number of carbonyl (C=O) groups is 2. The van der Waals surface area contributed by atoms with Crippen molar-refractivity contribution < 1.29 is 23.8 Å². The molecule has 0 aromatic carbocycles. The molecule has 2 heterocycles. The predicted molar refractivity (Wildman–Crippen MR) is 67.1 cm³/mol. The van der Waals surface area contributed by atoms with Gasteiger partial charge in [0.15, 0.2) is 6.04 Å². The van der Waals surface area contributed by atoms with Crippen molar-refractivity contribution in [3.63, 3.8) is 0 Å². The maximum Gasteiger partial charge on any atom is 0.328 e. The van der Waals surface area contributed by atoms with E-state index in [1.54, 1.807) is 6.20 Å². The van der Waals surface area contributed by atoms with Crippen LogP contribution in [0.15, 0.2) is 10.6 Å². The summed E-state index contributed by atoms with van der Waals surface area (Å²) in [5, 5.41) is 11.6. The molecular formula is C12H17N3O5. The van der Waals surface area contributed by atoms with Crippen molar-refractivity contribution in [2.45, 2.75) is 25.9 Å². The summed E-state index contributed by atoms with van der Waals surface area (Å²) in [6.07, 6.45) is 2.34. The van der Waals surface area contributed by atoms with Crippen LogP contribution in [0, 0.1) is 0 Å². The number of amides is 2. The highest BCUT2D eigenvalue weighted by molar-refractivity contribution is 5.82. The van der Waals surface area contributed by atoms with Gasteiger partial charge in [0.1, 0.15) is 5.76 Å². The summed E-state index contributed by atoms with van der Waals surface area (Å²) in [7, 11) is 0. The summed E-state index contributed by atoms with van der Waals surface area (Å²) < 4.78 is 10.4. The summed E-state index contributed by atoms with van der Waals surface area (Å²) in [6.45, 7) is 2.64. The number of aryl methyl sites for hydroxylation is 1. The Labute approximate surface area is 115 Å². The number of nitrogens with one attached hydrogen (secondary N) is 1. The molecular weight excluding hydrogens is 266 g/mol. The van der Waals surface area contributed by atoms with E-state index < -0.39 is 18.0 Å². The number of urea groups is 1. The van der Waals surface area contributed by atoms with Crippen LogP contribution in [0.3, 0.4) is 0 Å². The van der Waals surface area contributed by atoms with Gasteiger partial charge in [0.05, 0.1) is 26.0 Å². The smallest absolute Gasteiger partial charge is 0.328 e. The molecule has 1 saturated heterocycles. The monoisotopic (exact) mass is 283 g/mol. The lowest BCUT2D eigenvalue weighted by Gasteiger charge is -2.32. The highest BCUT2D eigenvalue weighted by Gasteiger charge is 2.32. The first-order valence-electron chi connectivity index (χ1n) is 6.40. The van der Waals surface area contributed by atoms with E-state index in [9.17, 15) is 9.59 Å². The van der Waals surface area contributed by atoms with Crippen LogP contribution in [0.4, 0.5) is 4.79 Å². The molecule has 1 atom stereocenters. The number of oxazole rings is 1. The SMILES string of the molecule is CCc1cnc(CNC(=O)N2CCOCC2C(=O)O)o1. The minimum absolute atomic E-state index is 0.00172. The first-order chi connectivity index (χ1) is 9.61. The van der Waals surface area contributed by atoms with Crippen LogP contribution in [0.1, 0.15) is 18.6 Å². The Morgan fingerprint density at radius 1 is 1.60 bits per heavy atom. The second kappa shape index (κ2) is 6.38. The van der Waals surface area contributed by atoms with Gasteiger partial charge in [-0.15, -0.1) is 0 Å². The van der Waals surface area contributed by atoms with Gasteiger partial charge in [-0.2, -0.15) is 0 Å². The molecule has 1 unspecified atom stereocenters. The van der Waals surface area contributed by atoms with E-state index in [-0.39, 0.29) is 19.7 Å². The number of hydrogen-bond acceptors (Lipinski definition) is 5. The summed E-state index contributed by atoms with van der Waals surface area (Å²) in [5.41, 5.74) is 0. The Hall–Kier alpha value is -2.09. The molecule has 0 saturated carbocycles. The van der Waals surface area contributed by atoms with E-state index in [0.717, 1.165) is 12.2 Å². The molecule has 2 N–H and O–H groups in total. The van der Waals surface area contributed by atoms with Gasteiger partial charge in [-0.1, -0.05) is 6.92 Å². The molecule has 20 heavy (non-hydrogen) atoms. The van der Waals surface area contributed by atoms with Crippen molar-refractivity contribution in [3.05, 3.63) is 17.8 Å². The topological polar surface area (TPSA) is 105 Å². The van der Waals surface area contributed by atoms with Crippen LogP contribution < -0.4 is 5.32 Å². The number of carboxylic acids is 1. The summed E-state index contributed by atoms with van der Waals surface area (Å²) >= 11 is 0. The maximum atomic E-state index is 12.0. The number of aliphatic carboxylic acids is 1. The molecule has 1 aliphatic heterocycles. The largest absolute Gasteiger partial charge is 0.480 e. The van der Waals surface area contributed by atoms with Crippen molar-refractivity contribution in [1.82, 2.24) is 15.2 Å². The number of hydrogen-bond donors (Lipinski definition) is 2. The Morgan fingerprint density at radius 3 is 3.05 bits per heavy atom. The normalized spacial score (nSPS) is 18.9. The lowest BCUT2D eigenvalue weighted by atomic mass is 10.2. The minimum Gasteiger partial charge on any atom is -0.480 e. The van der Waals surface area contributed by atoms with Gasteiger partial charge >= 0.3 is 12.0 Å². The first kappa shape index (κ1) is 14.3. The molecule has 1 aliphatic rings. The highest BCUT2D eigenvalue weighted by Crippen LogP contribution is 2.08. The molecule has 2 amide bonds. The Morgan fingerprint density at radius 2 is 2.40 bits per heavy atom. The fourth-order valence-corrected chi connectivity index (χ4v) is 1.90. The van der Waals surface area contributed by atoms with E-state index in [1.165, 1.54) is 4.90 Å². The molecule has 1 aromatic heterocycles. The number of carbonyl (C=O) groups excluding carboxylic acids is 1. The standard InChI is InChI=1S/C12H17N3O5/c1-2-8-5-13-10(20-8)6-14-12(18)15-3-4-19-7-9(15)11(16)17/h5,9H,2-4,6-7H2,1H3,(H,14,18)(H,16,17). The fraction of sp³-hybridized carbons (Fsp3) is 0.583. The lowest BCUT2D eigenvalue weighted by molar-refractivity contribution is -0.147. The van der Waals surface area contributed by atoms with E-state index in [2.05, 4.69) is 10.3 Å². The second-order valence-electron chi connectivity index (χ2n) is 4.35. The van der Waals surface area contributed by atoms with Crippen LogP contribution in [0.2, 0.25) is 0 Å². The van der Waals surface area contributed by atoms with Crippen LogP contribution in [0.5, 0.6) is 0 Å². The van der Waals surface area contributed by atoms with Crippen LogP contribution in [0.25, 0.3) is 0 Å². The predicted octanol–water partition coefficient (Wildman–Crippen LogP) is 0.232. The van der Waals surface area contributed by atoms with Crippen LogP contribution in [-0.4, -0.2) is 52.8 Å². The average Bonchev–Trinajstić information content (AvgIpc) is 2.92. The maximum absolute atomic E-state index is 12.0. The summed E-state index contributed by atoms with van der Waals surface area (Å²) in [4.78, 5) is 28.3. The van der Waals surface area contributed by atoms with E-state index >= 15 is 0 Å². The molecule has 0 aliphatic carbocycles. The molecule has 8 nitrogen and oxygen atoms in total. The Balaban J connectivity index is 1.91. The number of aromatic nitrogens is 1. The van der Waals surface area contributed by atoms with E-state index in [0.29, 0.717) is 12.5 Å². The van der Waals surface area contributed by atoms with Crippen molar-refractivity contribution in [2.75, 3.05) is 19.8 Å². The third-order valence-electron chi connectivity index (χ3n) is 3.02. The number of ether oxygens (including phenoxy) is 1. The molecule has 110 valence electrons. The van der Waals surface area contributed by atoms with Gasteiger partial charge in [-0.3, -0.25) is 0 Å². The van der Waals surface area contributed by atoms with Crippen molar-refractivity contribution in [2.24, 2.45) is 0 Å². The Kier molecular flexibility index (Phi) is 4.57. The van der Waals surface area contributed by atoms with Gasteiger partial charge < -0.3 is 24.5 Å². The third-order valence-corrected chi connectivity index (χ3v) is 3.02. The summed E-state index contributed by atoms with van der Waals surface area (Å²) in [5.74, 6) is 0.0589. The summed E-state index contributed by atoms with van der Waals surface area (Å²) in [6, 6.07) is -1.42. The van der Waals surface area contributed by atoms with Crippen LogP contribution >= 0.6 is 0 Å². The Bertz CT molecular complexity index is 487. The van der Waals surface area contributed by atoms with Crippen LogP contribution in [-0.2, 0) is 22.5 Å². The van der Waals surface area contributed by atoms with Gasteiger partial charge in [-0.05, 0) is 0 Å². The second-order valence-corrected chi connectivity index (χ2v) is 4.35. The fourth-order valence-electron chi connectivity index (χ4n) is 1.90. The lowest BCUT2D eigenvalue weighted by Crippen LogP contribution is -2.55. The van der Waals surface area contributed by atoms with Gasteiger partial charge in [0.2, 0.25) is 5.89 Å². The number of carboxylic acid groups (broad SMARTS) is 1. The molecule has 0 spiro atoms. The van der Waals surface area contributed by atoms with Crippen molar-refractivity contribution in [1.29, 1.82) is 0 Å². The highest BCUT2D eigenvalue weighted by atomic mass is 16.5. The first-order valence-corrected chi connectivity index (χ1v) is 6.40. The van der Waals surface area contributed by atoms with Gasteiger partial charge in [0.25, 0.3) is 0 Å².